The molecule has 0 atom stereocenters. The van der Waals surface area contributed by atoms with E-state index >= 15 is 0 Å². The third-order valence-corrected chi connectivity index (χ3v) is 4.38. The second kappa shape index (κ2) is 11.5. The highest BCUT2D eigenvalue weighted by Crippen LogP contribution is 2.17. The Labute approximate surface area is 159 Å². The second-order valence-electron chi connectivity index (χ2n) is 7.02. The molecule has 2 N–H and O–H groups in total. The molecule has 0 heterocycles. The summed E-state index contributed by atoms with van der Waals surface area (Å²) in [5.74, 6) is 0.958. The smallest absolute Gasteiger partial charge is 0.119 e. The van der Waals surface area contributed by atoms with Crippen LogP contribution in [0.25, 0.3) is 0 Å². The molecule has 142 valence electrons. The Balaban J connectivity index is 1.62. The molecule has 0 aliphatic heterocycles. The Morgan fingerprint density at radius 1 is 0.731 bits per heavy atom. The molecule has 2 rings (SSSR count). The van der Waals surface area contributed by atoms with Gasteiger partial charge in [-0.1, -0.05) is 38.7 Å². The maximum absolute atomic E-state index is 5.81. The summed E-state index contributed by atoms with van der Waals surface area (Å²) < 4.78 is 5.81. The van der Waals surface area contributed by atoms with Gasteiger partial charge in [0.05, 0.1) is 6.61 Å². The minimum atomic E-state index is 0.816. The van der Waals surface area contributed by atoms with Crippen LogP contribution >= 0.6 is 0 Å². The zero-order valence-corrected chi connectivity index (χ0v) is 16.6. The van der Waals surface area contributed by atoms with E-state index in [0.717, 1.165) is 37.6 Å². The third-order valence-electron chi connectivity index (χ3n) is 4.38. The normalized spacial score (nSPS) is 10.6. The quantitative estimate of drug-likeness (QED) is 0.447. The van der Waals surface area contributed by atoms with E-state index in [0.29, 0.717) is 0 Å². The van der Waals surface area contributed by atoms with Gasteiger partial charge in [0.25, 0.3) is 0 Å². The lowest BCUT2D eigenvalue weighted by atomic mass is 10.1. The maximum Gasteiger partial charge on any atom is 0.119 e. The zero-order chi connectivity index (χ0) is 18.6. The Morgan fingerprint density at radius 3 is 2.00 bits per heavy atom. The predicted molar refractivity (Wildman–Crippen MR) is 114 cm³/mol. The molecule has 0 aliphatic rings. The summed E-state index contributed by atoms with van der Waals surface area (Å²) >= 11 is 0. The maximum atomic E-state index is 5.81. The van der Waals surface area contributed by atoms with Gasteiger partial charge in [-0.05, 0) is 67.8 Å². The Kier molecular flexibility index (Phi) is 8.88. The molecule has 0 radical (unpaired) electrons. The van der Waals surface area contributed by atoms with Crippen LogP contribution in [0.3, 0.4) is 0 Å². The molecule has 0 fully saturated rings. The molecule has 2 aromatic rings. The number of hydrogen-bond acceptors (Lipinski definition) is 3. The van der Waals surface area contributed by atoms with Crippen molar-refractivity contribution in [2.24, 2.45) is 0 Å². The van der Waals surface area contributed by atoms with Gasteiger partial charge in [0.15, 0.2) is 0 Å². The van der Waals surface area contributed by atoms with Gasteiger partial charge in [0.2, 0.25) is 0 Å². The summed E-state index contributed by atoms with van der Waals surface area (Å²) in [5.41, 5.74) is 4.90. The van der Waals surface area contributed by atoms with Crippen molar-refractivity contribution < 1.29 is 4.74 Å². The lowest BCUT2D eigenvalue weighted by Gasteiger charge is -2.11. The van der Waals surface area contributed by atoms with Crippen molar-refractivity contribution in [3.05, 3.63) is 53.6 Å². The highest BCUT2D eigenvalue weighted by Gasteiger charge is 1.98. The van der Waals surface area contributed by atoms with Crippen molar-refractivity contribution in [2.75, 3.05) is 30.3 Å². The van der Waals surface area contributed by atoms with Gasteiger partial charge >= 0.3 is 0 Å². The number of hydrogen-bond donors (Lipinski definition) is 2. The summed E-state index contributed by atoms with van der Waals surface area (Å²) in [6.45, 7) is 9.09. The minimum Gasteiger partial charge on any atom is -0.494 e. The average Bonchev–Trinajstić information content (AvgIpc) is 2.62. The Morgan fingerprint density at radius 2 is 1.35 bits per heavy atom. The van der Waals surface area contributed by atoms with E-state index in [1.807, 2.05) is 12.1 Å². The first-order chi connectivity index (χ1) is 12.7. The van der Waals surface area contributed by atoms with Crippen LogP contribution in [0.2, 0.25) is 0 Å². The molecule has 0 aromatic heterocycles. The summed E-state index contributed by atoms with van der Waals surface area (Å²) in [7, 11) is 0. The standard InChI is InChI=1S/C23H34N2O/c1-4-5-6-7-8-15-26-23-11-9-21(10-12-23)24-13-14-25-22-17-19(2)16-20(3)18-22/h9-12,16-18,24-25H,4-8,13-15H2,1-3H3. The fourth-order valence-corrected chi connectivity index (χ4v) is 3.06. The van der Waals surface area contributed by atoms with Gasteiger partial charge in [0.1, 0.15) is 5.75 Å². The first kappa shape index (κ1) is 20.2. The zero-order valence-electron chi connectivity index (χ0n) is 16.6. The molecule has 3 heteroatoms. The average molecular weight is 355 g/mol. The predicted octanol–water partition coefficient (Wildman–Crippen LogP) is 6.18. The summed E-state index contributed by atoms with van der Waals surface area (Å²) in [6.07, 6.45) is 6.35. The number of nitrogens with one attached hydrogen (secondary N) is 2. The Bertz CT molecular complexity index is 617. The van der Waals surface area contributed by atoms with Crippen molar-refractivity contribution in [3.8, 4) is 5.75 Å². The van der Waals surface area contributed by atoms with E-state index in [9.17, 15) is 0 Å². The van der Waals surface area contributed by atoms with Crippen molar-refractivity contribution in [1.29, 1.82) is 0 Å². The van der Waals surface area contributed by atoms with Crippen molar-refractivity contribution >= 4 is 11.4 Å². The van der Waals surface area contributed by atoms with Gasteiger partial charge in [-0.15, -0.1) is 0 Å². The molecule has 0 saturated heterocycles. The number of rotatable bonds is 12. The van der Waals surface area contributed by atoms with E-state index in [1.165, 1.54) is 42.5 Å². The van der Waals surface area contributed by atoms with Gasteiger partial charge in [-0.25, -0.2) is 0 Å². The molecule has 2 aromatic carbocycles. The van der Waals surface area contributed by atoms with Gasteiger partial charge in [-0.3, -0.25) is 0 Å². The fraction of sp³-hybridized carbons (Fsp3) is 0.478. The van der Waals surface area contributed by atoms with Crippen molar-refractivity contribution in [2.45, 2.75) is 52.9 Å². The molecule has 0 amide bonds. The first-order valence-electron chi connectivity index (χ1n) is 9.96. The molecular weight excluding hydrogens is 320 g/mol. The van der Waals surface area contributed by atoms with E-state index in [1.54, 1.807) is 0 Å². The Hall–Kier alpha value is -2.16. The summed E-state index contributed by atoms with van der Waals surface area (Å²) in [5, 5.41) is 6.91. The van der Waals surface area contributed by atoms with Crippen molar-refractivity contribution in [1.82, 2.24) is 0 Å². The monoisotopic (exact) mass is 354 g/mol. The van der Waals surface area contributed by atoms with Gasteiger partial charge in [-0.2, -0.15) is 0 Å². The van der Waals surface area contributed by atoms with Crippen molar-refractivity contribution in [3.63, 3.8) is 0 Å². The minimum absolute atomic E-state index is 0.816. The first-order valence-corrected chi connectivity index (χ1v) is 9.96. The SMILES string of the molecule is CCCCCCCOc1ccc(NCCNc2cc(C)cc(C)c2)cc1. The molecule has 0 unspecified atom stereocenters. The lowest BCUT2D eigenvalue weighted by molar-refractivity contribution is 0.304. The molecule has 26 heavy (non-hydrogen) atoms. The van der Waals surface area contributed by atoms with E-state index < -0.39 is 0 Å². The van der Waals surface area contributed by atoms with E-state index in [2.05, 4.69) is 61.7 Å². The number of ether oxygens (including phenoxy) is 1. The molecule has 3 nitrogen and oxygen atoms in total. The molecule has 0 bridgehead atoms. The van der Waals surface area contributed by atoms with Crippen LogP contribution < -0.4 is 15.4 Å². The number of unbranched alkanes of at least 4 members (excludes halogenated alkanes) is 4. The number of benzene rings is 2. The lowest BCUT2D eigenvalue weighted by Crippen LogP contribution is -2.13. The number of anilines is 2. The largest absolute Gasteiger partial charge is 0.494 e. The van der Waals surface area contributed by atoms with Gasteiger partial charge in [0, 0.05) is 24.5 Å². The highest BCUT2D eigenvalue weighted by atomic mass is 16.5. The summed E-state index contributed by atoms with van der Waals surface area (Å²) in [6, 6.07) is 14.8. The van der Waals surface area contributed by atoms with Crippen LogP contribution in [0.15, 0.2) is 42.5 Å². The van der Waals surface area contributed by atoms with Crippen LogP contribution in [-0.4, -0.2) is 19.7 Å². The van der Waals surface area contributed by atoms with Crippen LogP contribution in [-0.2, 0) is 0 Å². The molecule has 0 spiro atoms. The topological polar surface area (TPSA) is 33.3 Å². The number of aryl methyl sites for hydroxylation is 2. The fourth-order valence-electron chi connectivity index (χ4n) is 3.06. The van der Waals surface area contributed by atoms with Crippen LogP contribution in [0.5, 0.6) is 5.75 Å². The second-order valence-corrected chi connectivity index (χ2v) is 7.02. The van der Waals surface area contributed by atoms with Crippen LogP contribution in [0.1, 0.15) is 50.2 Å². The summed E-state index contributed by atoms with van der Waals surface area (Å²) in [4.78, 5) is 0. The molecular formula is C23H34N2O. The van der Waals surface area contributed by atoms with Crippen LogP contribution in [0.4, 0.5) is 11.4 Å². The third kappa shape index (κ3) is 7.81. The molecule has 0 aliphatic carbocycles. The van der Waals surface area contributed by atoms with Crippen LogP contribution in [0, 0.1) is 13.8 Å². The molecule has 0 saturated carbocycles. The van der Waals surface area contributed by atoms with Gasteiger partial charge < -0.3 is 15.4 Å². The van der Waals surface area contributed by atoms with E-state index in [-0.39, 0.29) is 0 Å². The van der Waals surface area contributed by atoms with E-state index in [4.69, 9.17) is 4.74 Å². The highest BCUT2D eigenvalue weighted by molar-refractivity contribution is 5.49.